The van der Waals surface area contributed by atoms with Gasteiger partial charge in [0.2, 0.25) is 5.91 Å². The number of hydrogen-bond acceptors (Lipinski definition) is 5. The maximum absolute atomic E-state index is 12.7. The fraction of sp³-hybridized carbons (Fsp3) is 0.320. The van der Waals surface area contributed by atoms with E-state index in [0.29, 0.717) is 30.7 Å². The molecule has 2 aromatic carbocycles. The molecule has 0 fully saturated rings. The van der Waals surface area contributed by atoms with E-state index in [9.17, 15) is 14.4 Å². The molecule has 0 spiro atoms. The first kappa shape index (κ1) is 23.1. The summed E-state index contributed by atoms with van der Waals surface area (Å²) >= 11 is 0. The van der Waals surface area contributed by atoms with Gasteiger partial charge < -0.3 is 19.4 Å². The van der Waals surface area contributed by atoms with Crippen molar-refractivity contribution in [3.8, 4) is 5.75 Å². The molecule has 0 saturated heterocycles. The van der Waals surface area contributed by atoms with Gasteiger partial charge in [-0.2, -0.15) is 0 Å². The fourth-order valence-corrected chi connectivity index (χ4v) is 3.47. The van der Waals surface area contributed by atoms with Crippen molar-refractivity contribution in [1.82, 2.24) is 4.90 Å². The van der Waals surface area contributed by atoms with Crippen LogP contribution in [0.5, 0.6) is 5.75 Å². The van der Waals surface area contributed by atoms with E-state index in [-0.39, 0.29) is 25.0 Å². The molecule has 3 aromatic rings. The standard InChI is InChI=1S/C25H28N2O5/c1-4-12-27(15-23(28)26-21-9-7-6-8-17(21)3)24(29)16-31-19-10-11-20-18(5-2)13-25(30)32-22(20)14-19/h6-11,13-14H,4-5,12,15-16H2,1-3H3,(H,26,28). The Labute approximate surface area is 187 Å². The molecule has 7 nitrogen and oxygen atoms in total. The second-order valence-electron chi connectivity index (χ2n) is 7.57. The lowest BCUT2D eigenvalue weighted by Crippen LogP contribution is -2.41. The molecule has 7 heteroatoms. The minimum Gasteiger partial charge on any atom is -0.484 e. The minimum atomic E-state index is -0.420. The predicted octanol–water partition coefficient (Wildman–Crippen LogP) is 3.92. The van der Waals surface area contributed by atoms with Gasteiger partial charge in [-0.15, -0.1) is 0 Å². The zero-order chi connectivity index (χ0) is 23.1. The molecule has 0 aliphatic heterocycles. The van der Waals surface area contributed by atoms with Crippen LogP contribution in [-0.2, 0) is 16.0 Å². The summed E-state index contributed by atoms with van der Waals surface area (Å²) in [6.45, 7) is 5.98. The van der Waals surface area contributed by atoms with Crippen LogP contribution < -0.4 is 15.7 Å². The first-order chi connectivity index (χ1) is 15.4. The molecule has 0 bridgehead atoms. The third-order valence-corrected chi connectivity index (χ3v) is 5.14. The number of nitrogens with one attached hydrogen (secondary N) is 1. The molecule has 0 aliphatic rings. The van der Waals surface area contributed by atoms with Crippen LogP contribution in [0.15, 0.2) is 57.7 Å². The summed E-state index contributed by atoms with van der Waals surface area (Å²) in [5.41, 5.74) is 2.57. The monoisotopic (exact) mass is 436 g/mol. The van der Waals surface area contributed by atoms with E-state index in [2.05, 4.69) is 5.32 Å². The molecule has 1 aromatic heterocycles. The number of anilines is 1. The number of carbonyl (C=O) groups is 2. The number of para-hydroxylation sites is 1. The van der Waals surface area contributed by atoms with Crippen LogP contribution in [0, 0.1) is 6.92 Å². The van der Waals surface area contributed by atoms with Gasteiger partial charge in [0.25, 0.3) is 5.91 Å². The number of amides is 2. The van der Waals surface area contributed by atoms with E-state index in [1.807, 2.05) is 51.1 Å². The van der Waals surface area contributed by atoms with Gasteiger partial charge in [-0.25, -0.2) is 4.79 Å². The summed E-state index contributed by atoms with van der Waals surface area (Å²) < 4.78 is 10.9. The van der Waals surface area contributed by atoms with Gasteiger partial charge in [0, 0.05) is 29.8 Å². The van der Waals surface area contributed by atoms with Crippen molar-refractivity contribution in [2.24, 2.45) is 0 Å². The summed E-state index contributed by atoms with van der Waals surface area (Å²) in [5, 5.41) is 3.69. The summed E-state index contributed by atoms with van der Waals surface area (Å²) in [6.07, 6.45) is 1.42. The number of aryl methyl sites for hydroxylation is 2. The summed E-state index contributed by atoms with van der Waals surface area (Å²) in [4.78, 5) is 38.4. The van der Waals surface area contributed by atoms with Gasteiger partial charge >= 0.3 is 5.63 Å². The van der Waals surface area contributed by atoms with Crippen LogP contribution in [0.1, 0.15) is 31.4 Å². The van der Waals surface area contributed by atoms with Crippen LogP contribution >= 0.6 is 0 Å². The Balaban J connectivity index is 1.65. The Morgan fingerprint density at radius 1 is 1.09 bits per heavy atom. The molecule has 0 radical (unpaired) electrons. The molecule has 168 valence electrons. The highest BCUT2D eigenvalue weighted by Gasteiger charge is 2.18. The number of benzene rings is 2. The molecule has 0 saturated carbocycles. The lowest BCUT2D eigenvalue weighted by Gasteiger charge is -2.22. The number of nitrogens with zero attached hydrogens (tertiary/aromatic N) is 1. The largest absolute Gasteiger partial charge is 0.484 e. The Kier molecular flexibility index (Phi) is 7.65. The van der Waals surface area contributed by atoms with Gasteiger partial charge in [0.1, 0.15) is 11.3 Å². The molecular weight excluding hydrogens is 408 g/mol. The van der Waals surface area contributed by atoms with Crippen molar-refractivity contribution < 1.29 is 18.7 Å². The average Bonchev–Trinajstić information content (AvgIpc) is 2.77. The molecule has 0 atom stereocenters. The van der Waals surface area contributed by atoms with Crippen LogP contribution in [0.25, 0.3) is 11.0 Å². The lowest BCUT2D eigenvalue weighted by atomic mass is 10.1. The Morgan fingerprint density at radius 2 is 1.88 bits per heavy atom. The molecule has 2 amide bonds. The van der Waals surface area contributed by atoms with E-state index in [1.165, 1.54) is 11.0 Å². The summed E-state index contributed by atoms with van der Waals surface area (Å²) in [7, 11) is 0. The molecule has 32 heavy (non-hydrogen) atoms. The average molecular weight is 437 g/mol. The van der Waals surface area contributed by atoms with Crippen LogP contribution in [-0.4, -0.2) is 36.4 Å². The Bertz CT molecular complexity index is 1170. The van der Waals surface area contributed by atoms with E-state index in [1.54, 1.807) is 12.1 Å². The number of carbonyl (C=O) groups excluding carboxylic acids is 2. The van der Waals surface area contributed by atoms with Crippen molar-refractivity contribution in [1.29, 1.82) is 0 Å². The smallest absolute Gasteiger partial charge is 0.336 e. The number of fused-ring (bicyclic) bond motifs is 1. The number of hydrogen-bond donors (Lipinski definition) is 1. The van der Waals surface area contributed by atoms with Crippen LogP contribution in [0.4, 0.5) is 5.69 Å². The number of ether oxygens (including phenoxy) is 1. The zero-order valence-corrected chi connectivity index (χ0v) is 18.6. The normalized spacial score (nSPS) is 10.7. The highest BCUT2D eigenvalue weighted by Crippen LogP contribution is 2.23. The van der Waals surface area contributed by atoms with E-state index in [0.717, 1.165) is 22.2 Å². The predicted molar refractivity (Wildman–Crippen MR) is 124 cm³/mol. The lowest BCUT2D eigenvalue weighted by molar-refractivity contribution is -0.136. The molecule has 0 aliphatic carbocycles. The maximum Gasteiger partial charge on any atom is 0.336 e. The van der Waals surface area contributed by atoms with E-state index in [4.69, 9.17) is 9.15 Å². The first-order valence-corrected chi connectivity index (χ1v) is 10.7. The van der Waals surface area contributed by atoms with Gasteiger partial charge in [0.05, 0.1) is 6.54 Å². The van der Waals surface area contributed by atoms with E-state index >= 15 is 0 Å². The topological polar surface area (TPSA) is 88.9 Å². The maximum atomic E-state index is 12.7. The van der Waals surface area contributed by atoms with Crippen molar-refractivity contribution in [2.75, 3.05) is 25.0 Å². The number of rotatable bonds is 9. The second-order valence-corrected chi connectivity index (χ2v) is 7.57. The molecule has 1 heterocycles. The van der Waals surface area contributed by atoms with Gasteiger partial charge in [-0.1, -0.05) is 32.0 Å². The van der Waals surface area contributed by atoms with Gasteiger partial charge in [-0.05, 0) is 49.1 Å². The molecule has 0 unspecified atom stereocenters. The Hall–Kier alpha value is -3.61. The van der Waals surface area contributed by atoms with Crippen LogP contribution in [0.3, 0.4) is 0 Å². The van der Waals surface area contributed by atoms with Crippen molar-refractivity contribution >= 4 is 28.5 Å². The van der Waals surface area contributed by atoms with E-state index < -0.39 is 5.63 Å². The first-order valence-electron chi connectivity index (χ1n) is 10.7. The third kappa shape index (κ3) is 5.75. The quantitative estimate of drug-likeness (QED) is 0.514. The zero-order valence-electron chi connectivity index (χ0n) is 18.6. The highest BCUT2D eigenvalue weighted by molar-refractivity contribution is 5.95. The fourth-order valence-electron chi connectivity index (χ4n) is 3.47. The molecule has 1 N–H and O–H groups in total. The highest BCUT2D eigenvalue weighted by atomic mass is 16.5. The molecule has 3 rings (SSSR count). The van der Waals surface area contributed by atoms with Crippen LogP contribution in [0.2, 0.25) is 0 Å². The second kappa shape index (κ2) is 10.6. The van der Waals surface area contributed by atoms with Gasteiger partial charge in [-0.3, -0.25) is 9.59 Å². The Morgan fingerprint density at radius 3 is 2.59 bits per heavy atom. The minimum absolute atomic E-state index is 0.0587. The third-order valence-electron chi connectivity index (χ3n) is 5.14. The SMILES string of the molecule is CCCN(CC(=O)Nc1ccccc1C)C(=O)COc1ccc2c(CC)cc(=O)oc2c1. The van der Waals surface area contributed by atoms with Crippen molar-refractivity contribution in [3.63, 3.8) is 0 Å². The summed E-state index contributed by atoms with van der Waals surface area (Å²) in [6, 6.07) is 14.1. The van der Waals surface area contributed by atoms with Crippen molar-refractivity contribution in [2.45, 2.75) is 33.6 Å². The molecular formula is C25H28N2O5. The van der Waals surface area contributed by atoms with Gasteiger partial charge in [0.15, 0.2) is 6.61 Å². The summed E-state index contributed by atoms with van der Waals surface area (Å²) in [5.74, 6) is -0.139. The van der Waals surface area contributed by atoms with Crippen molar-refractivity contribution in [3.05, 3.63) is 70.1 Å².